The predicted molar refractivity (Wildman–Crippen MR) is 158 cm³/mol. The molecule has 6 heterocycles. The summed E-state index contributed by atoms with van der Waals surface area (Å²) in [7, 11) is 0. The van der Waals surface area contributed by atoms with Gasteiger partial charge in [-0.15, -0.1) is 23.5 Å². The zero-order valence-electron chi connectivity index (χ0n) is 24.6. The van der Waals surface area contributed by atoms with E-state index in [-0.39, 0.29) is 0 Å². The molecule has 5 unspecified atom stereocenters. The summed E-state index contributed by atoms with van der Waals surface area (Å²) in [5, 5.41) is 65.2. The zero-order chi connectivity index (χ0) is 29.4. The third-order valence-corrected chi connectivity index (χ3v) is 13.6. The van der Waals surface area contributed by atoms with Crippen molar-refractivity contribution in [3.63, 3.8) is 0 Å². The van der Waals surface area contributed by atoms with Gasteiger partial charge < -0.3 is 49.2 Å². The second-order valence-electron chi connectivity index (χ2n) is 13.0. The van der Waals surface area contributed by atoms with Crippen LogP contribution < -0.4 is 0 Å². The molecule has 6 aliphatic rings. The molecule has 42 heavy (non-hydrogen) atoms. The molecule has 0 aliphatic carbocycles. The average molecular weight is 635 g/mol. The molecule has 10 nitrogen and oxygen atoms in total. The van der Waals surface area contributed by atoms with Gasteiger partial charge in [0.2, 0.25) is 5.79 Å². The van der Waals surface area contributed by atoms with E-state index in [2.05, 4.69) is 0 Å². The molecule has 0 bridgehead atoms. The Morgan fingerprint density at radius 3 is 1.57 bits per heavy atom. The van der Waals surface area contributed by atoms with Gasteiger partial charge in [-0.05, 0) is 95.0 Å². The van der Waals surface area contributed by atoms with Gasteiger partial charge in [0.1, 0.15) is 16.8 Å². The number of ether oxygens (including phenoxy) is 5. The second kappa shape index (κ2) is 13.2. The Bertz CT molecular complexity index is 887. The van der Waals surface area contributed by atoms with Crippen LogP contribution in [0.4, 0.5) is 0 Å². The molecule has 6 rings (SSSR count). The molecule has 0 aromatic rings. The normalized spacial score (nSPS) is 48.9. The van der Waals surface area contributed by atoms with E-state index in [4.69, 9.17) is 23.7 Å². The molecule has 0 saturated carbocycles. The first kappa shape index (κ1) is 32.2. The van der Waals surface area contributed by atoms with Gasteiger partial charge >= 0.3 is 0 Å². The Morgan fingerprint density at radius 1 is 0.571 bits per heavy atom. The number of aliphatic hydroxyl groups is 5. The van der Waals surface area contributed by atoms with E-state index in [0.29, 0.717) is 58.5 Å². The predicted octanol–water partition coefficient (Wildman–Crippen LogP) is 2.10. The van der Waals surface area contributed by atoms with E-state index in [1.165, 1.54) is 23.5 Å². The molecule has 0 amide bonds. The van der Waals surface area contributed by atoms with Crippen LogP contribution in [0.1, 0.15) is 83.5 Å². The lowest BCUT2D eigenvalue weighted by Crippen LogP contribution is -2.94. The van der Waals surface area contributed by atoms with Gasteiger partial charge in [-0.2, -0.15) is 0 Å². The van der Waals surface area contributed by atoms with Gasteiger partial charge in [-0.25, -0.2) is 0 Å². The van der Waals surface area contributed by atoms with Crippen molar-refractivity contribution in [3.05, 3.63) is 0 Å². The summed E-state index contributed by atoms with van der Waals surface area (Å²) in [6.45, 7) is 1.49. The van der Waals surface area contributed by atoms with Crippen molar-refractivity contribution in [3.8, 4) is 0 Å². The van der Waals surface area contributed by atoms with E-state index in [1.807, 2.05) is 0 Å². The van der Waals surface area contributed by atoms with Crippen molar-refractivity contribution < 1.29 is 49.2 Å². The van der Waals surface area contributed by atoms with Crippen molar-refractivity contribution >= 4 is 23.5 Å². The molecular weight excluding hydrogens is 584 g/mol. The first-order chi connectivity index (χ1) is 20.3. The summed E-state index contributed by atoms with van der Waals surface area (Å²) >= 11 is 2.92. The third kappa shape index (κ3) is 5.12. The monoisotopic (exact) mass is 634 g/mol. The quantitative estimate of drug-likeness (QED) is 0.292. The highest BCUT2D eigenvalue weighted by Crippen LogP contribution is 2.61. The van der Waals surface area contributed by atoms with E-state index >= 15 is 0 Å². The molecule has 6 aliphatic heterocycles. The Hall–Kier alpha value is 0.300. The molecule has 0 spiro atoms. The number of aliphatic hydroxyl groups excluding tert-OH is 1. The molecule has 0 aromatic carbocycles. The molecule has 10 atom stereocenters. The maximum absolute atomic E-state index is 13.5. The standard InChI is InChI=1S/C30H50O10S2/c31-24(20-10-1-5-14-36-20)25-27(32,21-11-2-6-15-37-21)28(33,22-12-3-7-16-38-22)29(34,23-13-4-8-17-39-23)30(35,40-25)26-41-18-9-19-42-26/h20-26,31-35H,1-19H2/t20?,21?,22?,23?,24?,25-,27-,28+,29-,30+/m1/s1. The van der Waals surface area contributed by atoms with E-state index in [1.54, 1.807) is 0 Å². The zero-order valence-corrected chi connectivity index (χ0v) is 26.2. The van der Waals surface area contributed by atoms with Crippen LogP contribution in [0.5, 0.6) is 0 Å². The highest BCUT2D eigenvalue weighted by Gasteiger charge is 2.85. The van der Waals surface area contributed by atoms with Crippen molar-refractivity contribution in [2.45, 2.75) is 147 Å². The van der Waals surface area contributed by atoms with Gasteiger partial charge in [0.15, 0.2) is 16.8 Å². The Kier molecular flexibility index (Phi) is 10.1. The Balaban J connectivity index is 1.57. The summed E-state index contributed by atoms with van der Waals surface area (Å²) < 4.78 is 30.7. The van der Waals surface area contributed by atoms with Crippen LogP contribution in [-0.2, 0) is 23.7 Å². The highest BCUT2D eigenvalue weighted by atomic mass is 32.2. The maximum Gasteiger partial charge on any atom is 0.222 e. The van der Waals surface area contributed by atoms with Crippen LogP contribution >= 0.6 is 23.5 Å². The minimum atomic E-state index is -2.52. The largest absolute Gasteiger partial charge is 0.388 e. The summed E-state index contributed by atoms with van der Waals surface area (Å²) in [6.07, 6.45) is 2.07. The van der Waals surface area contributed by atoms with Gasteiger partial charge in [-0.3, -0.25) is 0 Å². The first-order valence-electron chi connectivity index (χ1n) is 16.2. The fourth-order valence-corrected chi connectivity index (χ4v) is 11.4. The van der Waals surface area contributed by atoms with Crippen molar-refractivity contribution in [2.24, 2.45) is 0 Å². The fourth-order valence-electron chi connectivity index (χ4n) is 8.31. The highest BCUT2D eigenvalue weighted by molar-refractivity contribution is 8.17. The Morgan fingerprint density at radius 2 is 1.07 bits per heavy atom. The van der Waals surface area contributed by atoms with E-state index in [9.17, 15) is 25.5 Å². The minimum Gasteiger partial charge on any atom is -0.388 e. The fraction of sp³-hybridized carbons (Fsp3) is 1.00. The van der Waals surface area contributed by atoms with E-state index < -0.39 is 63.8 Å². The van der Waals surface area contributed by atoms with Gasteiger partial charge in [0.05, 0.1) is 24.4 Å². The minimum absolute atomic E-state index is 0.335. The van der Waals surface area contributed by atoms with Gasteiger partial charge in [0.25, 0.3) is 0 Å². The van der Waals surface area contributed by atoms with E-state index in [0.717, 1.165) is 62.9 Å². The Labute approximate surface area is 257 Å². The third-order valence-electron chi connectivity index (χ3n) is 10.5. The number of hydrogen-bond donors (Lipinski definition) is 5. The number of thioether (sulfide) groups is 2. The number of rotatable bonds is 6. The molecule has 0 radical (unpaired) electrons. The first-order valence-corrected chi connectivity index (χ1v) is 18.3. The summed E-state index contributed by atoms with van der Waals surface area (Å²) in [5.74, 6) is -0.932. The lowest BCUT2D eigenvalue weighted by molar-refractivity contribution is -0.483. The molecule has 12 heteroatoms. The van der Waals surface area contributed by atoms with Crippen LogP contribution in [0, 0.1) is 0 Å². The second-order valence-corrected chi connectivity index (χ2v) is 15.7. The van der Waals surface area contributed by atoms with Crippen LogP contribution in [-0.4, -0.2) is 127 Å². The molecule has 5 N–H and O–H groups in total. The van der Waals surface area contributed by atoms with Crippen LogP contribution in [0.2, 0.25) is 0 Å². The SMILES string of the molecule is OC(C1CCCCO1)[C@H]1O[C@@](O)(C2SCCCS2)[C@@](O)(C2CCCCO2)[C@](O)(C2CCCCO2)[C@@]1(O)C1CCCCO1. The average Bonchev–Trinajstić information content (AvgIpc) is 3.07. The molecule has 6 saturated heterocycles. The van der Waals surface area contributed by atoms with Crippen molar-refractivity contribution in [1.82, 2.24) is 0 Å². The summed E-state index contributed by atoms with van der Waals surface area (Å²) in [5.41, 5.74) is -7.39. The molecular formula is C30H50O10S2. The van der Waals surface area contributed by atoms with Crippen LogP contribution in [0.25, 0.3) is 0 Å². The van der Waals surface area contributed by atoms with Crippen molar-refractivity contribution in [2.75, 3.05) is 37.9 Å². The molecule has 242 valence electrons. The molecule has 0 aromatic heterocycles. The maximum atomic E-state index is 13.5. The van der Waals surface area contributed by atoms with Crippen LogP contribution in [0.15, 0.2) is 0 Å². The lowest BCUT2D eigenvalue weighted by Gasteiger charge is -2.70. The molecule has 6 fully saturated rings. The van der Waals surface area contributed by atoms with Crippen molar-refractivity contribution in [1.29, 1.82) is 0 Å². The summed E-state index contributed by atoms with van der Waals surface area (Å²) in [4.78, 5) is 0. The topological polar surface area (TPSA) is 147 Å². The smallest absolute Gasteiger partial charge is 0.222 e. The number of hydrogen-bond acceptors (Lipinski definition) is 12. The lowest BCUT2D eigenvalue weighted by atomic mass is 9.54. The summed E-state index contributed by atoms with van der Waals surface area (Å²) in [6, 6.07) is 0. The van der Waals surface area contributed by atoms with Crippen LogP contribution in [0.3, 0.4) is 0 Å². The van der Waals surface area contributed by atoms with Gasteiger partial charge in [0, 0.05) is 26.4 Å². The van der Waals surface area contributed by atoms with Gasteiger partial charge in [-0.1, -0.05) is 0 Å².